The van der Waals surface area contributed by atoms with Gasteiger partial charge in [0.15, 0.2) is 0 Å². The molecule has 2 aromatic carbocycles. The van der Waals surface area contributed by atoms with Gasteiger partial charge in [-0.3, -0.25) is 10.1 Å². The fraction of sp³-hybridized carbons (Fsp3) is 0.273. The molecule has 1 N–H and O–H groups in total. The molecule has 1 saturated heterocycles. The van der Waals surface area contributed by atoms with Crippen molar-refractivity contribution in [3.05, 3.63) is 75.6 Å². The number of hydrogen-bond acceptors (Lipinski definition) is 7. The first kappa shape index (κ1) is 21.4. The lowest BCUT2D eigenvalue weighted by atomic mass is 10.1. The topological polar surface area (TPSA) is 87.4 Å². The second kappa shape index (κ2) is 8.74. The lowest BCUT2D eigenvalue weighted by Gasteiger charge is -2.37. The number of aryl methyl sites for hydroxylation is 1. The summed E-state index contributed by atoms with van der Waals surface area (Å²) in [6.07, 6.45) is 1.18. The number of halogens is 2. The van der Waals surface area contributed by atoms with Crippen LogP contribution in [0, 0.1) is 35.6 Å². The van der Waals surface area contributed by atoms with Gasteiger partial charge in [-0.1, -0.05) is 12.1 Å². The molecule has 0 spiro atoms. The molecule has 3 aromatic rings. The molecule has 0 bridgehead atoms. The highest BCUT2D eigenvalue weighted by Crippen LogP contribution is 2.35. The van der Waals surface area contributed by atoms with Crippen molar-refractivity contribution < 1.29 is 13.7 Å². The van der Waals surface area contributed by atoms with E-state index in [9.17, 15) is 18.9 Å². The molecule has 4 rings (SSSR count). The number of piperazine rings is 1. The summed E-state index contributed by atoms with van der Waals surface area (Å²) in [4.78, 5) is 23.4. The number of nitro groups is 1. The van der Waals surface area contributed by atoms with Crippen LogP contribution in [-0.4, -0.2) is 41.1 Å². The Hall–Kier alpha value is -3.82. The van der Waals surface area contributed by atoms with E-state index in [1.807, 2.05) is 11.0 Å². The van der Waals surface area contributed by atoms with Gasteiger partial charge >= 0.3 is 5.69 Å². The number of hydrogen-bond donors (Lipinski definition) is 1. The molecule has 1 aromatic heterocycles. The highest BCUT2D eigenvalue weighted by Gasteiger charge is 2.30. The van der Waals surface area contributed by atoms with Crippen LogP contribution in [-0.2, 0) is 0 Å². The fourth-order valence-corrected chi connectivity index (χ4v) is 3.82. The van der Waals surface area contributed by atoms with Crippen molar-refractivity contribution in [2.24, 2.45) is 0 Å². The SMILES string of the molecule is Cc1cccc(N2CCN(c3ncnc(Nc4cc(F)ccc4F)c3[N+](=O)[O-])CC2)c1C. The molecular formula is C22H22F2N6O2. The Morgan fingerprint density at radius 2 is 1.75 bits per heavy atom. The van der Waals surface area contributed by atoms with Gasteiger partial charge in [0.1, 0.15) is 18.0 Å². The lowest BCUT2D eigenvalue weighted by Crippen LogP contribution is -2.47. The second-order valence-corrected chi connectivity index (χ2v) is 7.59. The van der Waals surface area contributed by atoms with Crippen molar-refractivity contribution in [1.82, 2.24) is 9.97 Å². The molecule has 1 fully saturated rings. The molecule has 0 aliphatic carbocycles. The van der Waals surface area contributed by atoms with Crippen molar-refractivity contribution in [3.63, 3.8) is 0 Å². The smallest absolute Gasteiger partial charge is 0.353 e. The Morgan fingerprint density at radius 3 is 2.47 bits per heavy atom. The molecule has 2 heterocycles. The summed E-state index contributed by atoms with van der Waals surface area (Å²) in [6.45, 7) is 6.49. The van der Waals surface area contributed by atoms with Crippen molar-refractivity contribution in [2.75, 3.05) is 41.3 Å². The lowest BCUT2D eigenvalue weighted by molar-refractivity contribution is -0.383. The summed E-state index contributed by atoms with van der Waals surface area (Å²) in [6, 6.07) is 8.98. The van der Waals surface area contributed by atoms with Crippen molar-refractivity contribution in [1.29, 1.82) is 0 Å². The van der Waals surface area contributed by atoms with Crippen LogP contribution in [0.2, 0.25) is 0 Å². The van der Waals surface area contributed by atoms with Gasteiger partial charge in [-0.15, -0.1) is 0 Å². The first-order valence-corrected chi connectivity index (χ1v) is 10.1. The molecule has 0 radical (unpaired) electrons. The van der Waals surface area contributed by atoms with Gasteiger partial charge in [0, 0.05) is 37.9 Å². The number of nitrogens with one attached hydrogen (secondary N) is 1. The molecule has 8 nitrogen and oxygen atoms in total. The molecule has 166 valence electrons. The minimum atomic E-state index is -0.747. The standard InChI is InChI=1S/C22H22F2N6O2/c1-14-4-3-5-19(15(14)2)28-8-10-29(11-9-28)22-20(30(31)32)21(25-13-26-22)27-18-12-16(23)6-7-17(18)24/h3-7,12-13H,8-11H2,1-2H3,(H,25,26,27). The van der Waals surface area contributed by atoms with Crippen molar-refractivity contribution in [2.45, 2.75) is 13.8 Å². The van der Waals surface area contributed by atoms with Crippen LogP contribution in [0.25, 0.3) is 0 Å². The van der Waals surface area contributed by atoms with Gasteiger partial charge in [0.2, 0.25) is 11.6 Å². The predicted octanol–water partition coefficient (Wildman–Crippen LogP) is 4.35. The number of nitrogens with zero attached hydrogens (tertiary/aromatic N) is 5. The van der Waals surface area contributed by atoms with E-state index in [1.54, 1.807) is 0 Å². The maximum Gasteiger partial charge on any atom is 0.353 e. The predicted molar refractivity (Wildman–Crippen MR) is 119 cm³/mol. The van der Waals surface area contributed by atoms with E-state index < -0.39 is 16.6 Å². The largest absolute Gasteiger partial charge is 0.368 e. The summed E-state index contributed by atoms with van der Waals surface area (Å²) in [5, 5.41) is 14.4. The average Bonchev–Trinajstić information content (AvgIpc) is 2.78. The molecule has 1 aliphatic heterocycles. The monoisotopic (exact) mass is 440 g/mol. The van der Waals surface area contributed by atoms with Gasteiger partial charge in [0.25, 0.3) is 0 Å². The highest BCUT2D eigenvalue weighted by atomic mass is 19.1. The maximum atomic E-state index is 14.1. The van der Waals surface area contributed by atoms with E-state index in [1.165, 1.54) is 17.5 Å². The van der Waals surface area contributed by atoms with Crippen molar-refractivity contribution >= 4 is 28.7 Å². The molecule has 0 unspecified atom stereocenters. The summed E-state index contributed by atoms with van der Waals surface area (Å²) in [5.74, 6) is -1.47. The number of benzene rings is 2. The van der Waals surface area contributed by atoms with E-state index in [4.69, 9.17) is 0 Å². The molecule has 32 heavy (non-hydrogen) atoms. The minimum Gasteiger partial charge on any atom is -0.368 e. The highest BCUT2D eigenvalue weighted by molar-refractivity contribution is 5.75. The van der Waals surface area contributed by atoms with Gasteiger partial charge in [-0.2, -0.15) is 0 Å². The number of rotatable bonds is 5. The van der Waals surface area contributed by atoms with E-state index >= 15 is 0 Å². The third-order valence-electron chi connectivity index (χ3n) is 5.66. The summed E-state index contributed by atoms with van der Waals surface area (Å²) in [7, 11) is 0. The summed E-state index contributed by atoms with van der Waals surface area (Å²) >= 11 is 0. The Labute approximate surface area is 183 Å². The van der Waals surface area contributed by atoms with Crippen LogP contribution in [0.1, 0.15) is 11.1 Å². The molecule has 0 saturated carbocycles. The molecule has 1 aliphatic rings. The Kier molecular flexibility index (Phi) is 5.85. The first-order chi connectivity index (χ1) is 15.3. The average molecular weight is 440 g/mol. The first-order valence-electron chi connectivity index (χ1n) is 10.1. The zero-order valence-corrected chi connectivity index (χ0v) is 17.7. The zero-order valence-electron chi connectivity index (χ0n) is 17.7. The minimum absolute atomic E-state index is 0.143. The van der Waals surface area contributed by atoms with E-state index in [0.29, 0.717) is 26.2 Å². The van der Waals surface area contributed by atoms with Crippen molar-refractivity contribution in [3.8, 4) is 0 Å². The quantitative estimate of drug-likeness (QED) is 0.466. The third kappa shape index (κ3) is 4.16. The molecular weight excluding hydrogens is 418 g/mol. The summed E-state index contributed by atoms with van der Waals surface area (Å²) in [5.41, 5.74) is 2.94. The van der Waals surface area contributed by atoms with Gasteiger partial charge in [-0.25, -0.2) is 18.7 Å². The molecule has 10 heteroatoms. The summed E-state index contributed by atoms with van der Waals surface area (Å²) < 4.78 is 27.6. The van der Waals surface area contributed by atoms with Gasteiger partial charge in [0.05, 0.1) is 10.6 Å². The third-order valence-corrected chi connectivity index (χ3v) is 5.66. The van der Waals surface area contributed by atoms with Gasteiger partial charge < -0.3 is 15.1 Å². The van der Waals surface area contributed by atoms with Crippen LogP contribution in [0.3, 0.4) is 0 Å². The molecule has 0 amide bonds. The van der Waals surface area contributed by atoms with Crippen LogP contribution in [0.15, 0.2) is 42.7 Å². The van der Waals surface area contributed by atoms with Crippen LogP contribution >= 0.6 is 0 Å². The van der Waals surface area contributed by atoms with Crippen LogP contribution in [0.5, 0.6) is 0 Å². The van der Waals surface area contributed by atoms with E-state index in [0.717, 1.165) is 23.9 Å². The van der Waals surface area contributed by atoms with E-state index in [-0.39, 0.29) is 23.0 Å². The second-order valence-electron chi connectivity index (χ2n) is 7.59. The van der Waals surface area contributed by atoms with Gasteiger partial charge in [-0.05, 0) is 43.2 Å². The number of aromatic nitrogens is 2. The fourth-order valence-electron chi connectivity index (χ4n) is 3.82. The Balaban J connectivity index is 1.59. The van der Waals surface area contributed by atoms with Crippen LogP contribution in [0.4, 0.5) is 37.5 Å². The number of anilines is 4. The zero-order chi connectivity index (χ0) is 22.8. The normalized spacial score (nSPS) is 13.9. The Morgan fingerprint density at radius 1 is 1.03 bits per heavy atom. The van der Waals surface area contributed by atoms with Crippen LogP contribution < -0.4 is 15.1 Å². The molecule has 0 atom stereocenters. The Bertz CT molecular complexity index is 1170. The maximum absolute atomic E-state index is 14.1. The van der Waals surface area contributed by atoms with E-state index in [2.05, 4.69) is 46.2 Å².